The Labute approximate surface area is 119 Å². The molecule has 0 aromatic heterocycles. The van der Waals surface area contributed by atoms with E-state index in [0.717, 1.165) is 0 Å². The van der Waals surface area contributed by atoms with E-state index >= 15 is 0 Å². The fourth-order valence-corrected chi connectivity index (χ4v) is 1.77. The van der Waals surface area contributed by atoms with E-state index in [0.29, 0.717) is 17.9 Å². The topological polar surface area (TPSA) is 59.0 Å². The Hall–Kier alpha value is -1.85. The Bertz CT molecular complexity index is 447. The quantitative estimate of drug-likeness (QED) is 0.729. The van der Waals surface area contributed by atoms with E-state index in [1.165, 1.54) is 12.0 Å². The lowest BCUT2D eigenvalue weighted by atomic mass is 10.1. The molecule has 0 aliphatic carbocycles. The molecule has 1 amide bonds. The molecule has 0 heterocycles. The summed E-state index contributed by atoms with van der Waals surface area (Å²) >= 11 is 0. The molecular weight excluding hydrogens is 258 g/mol. The molecule has 1 atom stereocenters. The van der Waals surface area contributed by atoms with Crippen LogP contribution in [0.4, 0.5) is 0 Å². The third-order valence-electron chi connectivity index (χ3n) is 2.66. The van der Waals surface area contributed by atoms with Crippen molar-refractivity contribution in [2.24, 2.45) is 0 Å². The van der Waals surface area contributed by atoms with Crippen molar-refractivity contribution in [3.63, 3.8) is 0 Å². The Kier molecular flexibility index (Phi) is 6.76. The van der Waals surface area contributed by atoms with Crippen LogP contribution in [0.2, 0.25) is 0 Å². The lowest BCUT2D eigenvalue weighted by Crippen LogP contribution is -2.36. The van der Waals surface area contributed by atoms with E-state index in [1.54, 1.807) is 37.4 Å². The summed E-state index contributed by atoms with van der Waals surface area (Å²) in [6.45, 7) is 4.30. The minimum atomic E-state index is -0.713. The van der Waals surface area contributed by atoms with Crippen LogP contribution in [0, 0.1) is 0 Å². The second kappa shape index (κ2) is 8.35. The molecule has 0 aliphatic heterocycles. The molecular formula is C15H21NO4. The highest BCUT2D eigenvalue weighted by Gasteiger charge is 2.18. The minimum Gasteiger partial charge on any atom is -0.489 e. The number of rotatable bonds is 8. The third kappa shape index (κ3) is 4.68. The van der Waals surface area contributed by atoms with Gasteiger partial charge in [0.1, 0.15) is 12.4 Å². The summed E-state index contributed by atoms with van der Waals surface area (Å²) < 4.78 is 10.3. The number of carbonyl (C=O) groups excluding carboxylic acids is 1. The zero-order valence-electron chi connectivity index (χ0n) is 11.9. The Morgan fingerprint density at radius 2 is 2.20 bits per heavy atom. The summed E-state index contributed by atoms with van der Waals surface area (Å²) in [5.74, 6) is 0.297. The highest BCUT2D eigenvalue weighted by Crippen LogP contribution is 2.19. The summed E-state index contributed by atoms with van der Waals surface area (Å²) in [5, 5.41) is 9.66. The highest BCUT2D eigenvalue weighted by molar-refractivity contribution is 5.96. The first-order valence-electron chi connectivity index (χ1n) is 6.35. The number of para-hydroxylation sites is 1. The van der Waals surface area contributed by atoms with Gasteiger partial charge in [0.2, 0.25) is 0 Å². The van der Waals surface area contributed by atoms with Gasteiger partial charge < -0.3 is 19.5 Å². The number of hydrogen-bond acceptors (Lipinski definition) is 4. The van der Waals surface area contributed by atoms with Gasteiger partial charge in [0, 0.05) is 20.7 Å². The van der Waals surface area contributed by atoms with Crippen molar-refractivity contribution in [3.8, 4) is 5.75 Å². The SMILES string of the molecule is C=CCOc1ccccc1C(=O)N(C)CC(O)COC. The number of nitrogens with zero attached hydrogens (tertiary/aromatic N) is 1. The monoisotopic (exact) mass is 279 g/mol. The second-order valence-corrected chi connectivity index (χ2v) is 4.39. The predicted molar refractivity (Wildman–Crippen MR) is 77.0 cm³/mol. The van der Waals surface area contributed by atoms with Crippen LogP contribution in [0.3, 0.4) is 0 Å². The molecule has 1 N–H and O–H groups in total. The maximum absolute atomic E-state index is 12.3. The molecule has 0 fully saturated rings. The van der Waals surface area contributed by atoms with Crippen LogP contribution in [0.15, 0.2) is 36.9 Å². The first kappa shape index (κ1) is 16.2. The van der Waals surface area contributed by atoms with Gasteiger partial charge in [-0.3, -0.25) is 4.79 Å². The van der Waals surface area contributed by atoms with E-state index < -0.39 is 6.10 Å². The Morgan fingerprint density at radius 1 is 1.50 bits per heavy atom. The Morgan fingerprint density at radius 3 is 2.85 bits per heavy atom. The average molecular weight is 279 g/mol. The smallest absolute Gasteiger partial charge is 0.257 e. The number of likely N-dealkylation sites (N-methyl/N-ethyl adjacent to an activating group) is 1. The molecule has 0 radical (unpaired) electrons. The molecule has 0 bridgehead atoms. The molecule has 0 spiro atoms. The number of amides is 1. The Balaban J connectivity index is 2.77. The van der Waals surface area contributed by atoms with Gasteiger partial charge in [-0.25, -0.2) is 0 Å². The van der Waals surface area contributed by atoms with Gasteiger partial charge in [-0.05, 0) is 12.1 Å². The molecule has 0 saturated heterocycles. The van der Waals surface area contributed by atoms with Gasteiger partial charge in [-0.1, -0.05) is 24.8 Å². The number of aliphatic hydroxyl groups is 1. The van der Waals surface area contributed by atoms with Crippen LogP contribution in [0.5, 0.6) is 5.75 Å². The van der Waals surface area contributed by atoms with E-state index in [9.17, 15) is 9.90 Å². The largest absolute Gasteiger partial charge is 0.489 e. The third-order valence-corrected chi connectivity index (χ3v) is 2.66. The lowest BCUT2D eigenvalue weighted by Gasteiger charge is -2.21. The van der Waals surface area contributed by atoms with Gasteiger partial charge in [-0.2, -0.15) is 0 Å². The van der Waals surface area contributed by atoms with Crippen molar-refractivity contribution in [2.75, 3.05) is 33.9 Å². The zero-order chi connectivity index (χ0) is 15.0. The summed E-state index contributed by atoms with van der Waals surface area (Å²) in [4.78, 5) is 13.8. The van der Waals surface area contributed by atoms with Crippen LogP contribution in [-0.4, -0.2) is 55.9 Å². The predicted octanol–water partition coefficient (Wildman–Crippen LogP) is 1.33. The summed E-state index contributed by atoms with van der Waals surface area (Å²) in [6.07, 6.45) is 0.906. The zero-order valence-corrected chi connectivity index (χ0v) is 11.9. The van der Waals surface area contributed by atoms with Crippen molar-refractivity contribution >= 4 is 5.91 Å². The van der Waals surface area contributed by atoms with Gasteiger partial charge in [0.25, 0.3) is 5.91 Å². The van der Waals surface area contributed by atoms with Gasteiger partial charge in [0.05, 0.1) is 18.3 Å². The van der Waals surface area contributed by atoms with E-state index in [2.05, 4.69) is 6.58 Å². The van der Waals surface area contributed by atoms with Gasteiger partial charge >= 0.3 is 0 Å². The molecule has 1 rings (SSSR count). The number of methoxy groups -OCH3 is 1. The lowest BCUT2D eigenvalue weighted by molar-refractivity contribution is 0.0379. The summed E-state index contributed by atoms with van der Waals surface area (Å²) in [6, 6.07) is 7.00. The molecule has 110 valence electrons. The normalized spacial score (nSPS) is 11.8. The fourth-order valence-electron chi connectivity index (χ4n) is 1.77. The number of benzene rings is 1. The number of hydrogen-bond donors (Lipinski definition) is 1. The molecule has 20 heavy (non-hydrogen) atoms. The molecule has 1 aromatic carbocycles. The average Bonchev–Trinajstić information content (AvgIpc) is 2.44. The van der Waals surface area contributed by atoms with Crippen molar-refractivity contribution in [1.29, 1.82) is 0 Å². The standard InChI is InChI=1S/C15H21NO4/c1-4-9-20-14-8-6-5-7-13(14)15(18)16(2)10-12(17)11-19-3/h4-8,12,17H,1,9-11H2,2-3H3. The first-order chi connectivity index (χ1) is 9.60. The van der Waals surface area contributed by atoms with Crippen LogP contribution >= 0.6 is 0 Å². The maximum Gasteiger partial charge on any atom is 0.257 e. The summed E-state index contributed by atoms with van der Waals surface area (Å²) in [5.41, 5.74) is 0.460. The molecule has 5 heteroatoms. The number of carbonyl (C=O) groups is 1. The number of ether oxygens (including phenoxy) is 2. The molecule has 1 unspecified atom stereocenters. The van der Waals surface area contributed by atoms with Crippen molar-refractivity contribution < 1.29 is 19.4 Å². The van der Waals surface area contributed by atoms with Crippen molar-refractivity contribution in [2.45, 2.75) is 6.10 Å². The van der Waals surface area contributed by atoms with E-state index in [-0.39, 0.29) is 19.1 Å². The first-order valence-corrected chi connectivity index (χ1v) is 6.35. The molecule has 5 nitrogen and oxygen atoms in total. The fraction of sp³-hybridized carbons (Fsp3) is 0.400. The van der Waals surface area contributed by atoms with Crippen LogP contribution in [0.25, 0.3) is 0 Å². The van der Waals surface area contributed by atoms with Crippen molar-refractivity contribution in [1.82, 2.24) is 4.90 Å². The highest BCUT2D eigenvalue weighted by atomic mass is 16.5. The minimum absolute atomic E-state index is 0.187. The second-order valence-electron chi connectivity index (χ2n) is 4.39. The van der Waals surface area contributed by atoms with E-state index in [1.807, 2.05) is 0 Å². The summed E-state index contributed by atoms with van der Waals surface area (Å²) in [7, 11) is 3.13. The van der Waals surface area contributed by atoms with E-state index in [4.69, 9.17) is 9.47 Å². The number of aliphatic hydroxyl groups excluding tert-OH is 1. The molecule has 0 aliphatic rings. The molecule has 0 saturated carbocycles. The van der Waals surface area contributed by atoms with Crippen LogP contribution in [-0.2, 0) is 4.74 Å². The van der Waals surface area contributed by atoms with Crippen LogP contribution < -0.4 is 4.74 Å². The van der Waals surface area contributed by atoms with Gasteiger partial charge in [-0.15, -0.1) is 0 Å². The van der Waals surface area contributed by atoms with Crippen LogP contribution in [0.1, 0.15) is 10.4 Å². The molecule has 1 aromatic rings. The van der Waals surface area contributed by atoms with Gasteiger partial charge in [0.15, 0.2) is 0 Å². The maximum atomic E-state index is 12.3. The van der Waals surface area contributed by atoms with Crippen molar-refractivity contribution in [3.05, 3.63) is 42.5 Å².